The molecule has 0 radical (unpaired) electrons. The molecule has 2 aromatic heterocycles. The number of nitrogens with zero attached hydrogens (tertiary/aromatic N) is 4. The molecule has 0 bridgehead atoms. The van der Waals surface area contributed by atoms with Crippen LogP contribution in [0.4, 0.5) is 0 Å². The lowest BCUT2D eigenvalue weighted by Gasteiger charge is -2.02. The van der Waals surface area contributed by atoms with Gasteiger partial charge in [-0.1, -0.05) is 18.5 Å². The number of hydrogen-bond donors (Lipinski definition) is 0. The molecular weight excluding hydrogens is 358 g/mol. The first kappa shape index (κ1) is 12.5. The quantitative estimate of drug-likeness (QED) is 0.608. The van der Waals surface area contributed by atoms with E-state index in [0.717, 1.165) is 0 Å². The smallest absolute Gasteiger partial charge is 0.268 e. The van der Waals surface area contributed by atoms with Gasteiger partial charge < -0.3 is 4.42 Å². The molecule has 0 saturated heterocycles. The zero-order valence-corrected chi connectivity index (χ0v) is 11.8. The predicted octanol–water partition coefficient (Wildman–Crippen LogP) is 1.50. The number of halogens is 2. The van der Waals surface area contributed by atoms with Crippen molar-refractivity contribution in [2.45, 2.75) is 19.9 Å². The van der Waals surface area contributed by atoms with Crippen LogP contribution in [0.5, 0.6) is 0 Å². The van der Waals surface area contributed by atoms with E-state index in [9.17, 15) is 4.79 Å². The van der Waals surface area contributed by atoms with E-state index in [0.29, 0.717) is 21.8 Å². The van der Waals surface area contributed by atoms with Crippen molar-refractivity contribution in [3.8, 4) is 0 Å². The van der Waals surface area contributed by atoms with Crippen molar-refractivity contribution in [3.63, 3.8) is 0 Å². The number of aromatic nitrogens is 4. The summed E-state index contributed by atoms with van der Waals surface area (Å²) in [6.07, 6.45) is 2.03. The van der Waals surface area contributed by atoms with E-state index < -0.39 is 0 Å². The van der Waals surface area contributed by atoms with Gasteiger partial charge in [0.25, 0.3) is 5.56 Å². The molecule has 0 aromatic carbocycles. The van der Waals surface area contributed by atoms with Crippen molar-refractivity contribution in [3.05, 3.63) is 37.2 Å². The summed E-state index contributed by atoms with van der Waals surface area (Å²) in [4.78, 5) is 15.7. The molecule has 0 N–H and O–H groups in total. The van der Waals surface area contributed by atoms with E-state index in [4.69, 9.17) is 16.0 Å². The Morgan fingerprint density at radius 2 is 2.18 bits per heavy atom. The molecule has 0 saturated carbocycles. The second-order valence-corrected chi connectivity index (χ2v) is 4.66. The average molecular weight is 367 g/mol. The van der Waals surface area contributed by atoms with Crippen molar-refractivity contribution >= 4 is 34.2 Å². The van der Waals surface area contributed by atoms with Crippen LogP contribution in [0.25, 0.3) is 0 Å². The number of hydrogen-bond acceptors (Lipinski definition) is 5. The van der Waals surface area contributed by atoms with Crippen LogP contribution in [-0.2, 0) is 13.0 Å². The topological polar surface area (TPSA) is 73.8 Å². The maximum absolute atomic E-state index is 11.8. The zero-order chi connectivity index (χ0) is 12.4. The normalized spacial score (nSPS) is 10.8. The first-order chi connectivity index (χ1) is 8.11. The van der Waals surface area contributed by atoms with Gasteiger partial charge in [-0.25, -0.2) is 4.98 Å². The minimum absolute atomic E-state index is 0.200. The highest BCUT2D eigenvalue weighted by atomic mass is 127. The summed E-state index contributed by atoms with van der Waals surface area (Å²) < 4.78 is 7.07. The molecule has 2 heterocycles. The number of aryl methyl sites for hydroxylation is 1. The van der Waals surface area contributed by atoms with Crippen LogP contribution in [-0.4, -0.2) is 19.7 Å². The highest BCUT2D eigenvalue weighted by Crippen LogP contribution is 2.10. The van der Waals surface area contributed by atoms with Gasteiger partial charge in [-0.3, -0.25) is 9.36 Å². The third kappa shape index (κ3) is 2.65. The Labute approximate surface area is 115 Å². The monoisotopic (exact) mass is 366 g/mol. The van der Waals surface area contributed by atoms with Gasteiger partial charge in [-0.05, 0) is 22.6 Å². The lowest BCUT2D eigenvalue weighted by molar-refractivity contribution is 0.438. The van der Waals surface area contributed by atoms with E-state index in [-0.39, 0.29) is 17.3 Å². The summed E-state index contributed by atoms with van der Waals surface area (Å²) in [6, 6.07) is 0. The van der Waals surface area contributed by atoms with Crippen LogP contribution >= 0.6 is 34.2 Å². The summed E-state index contributed by atoms with van der Waals surface area (Å²) in [5.41, 5.74) is -0.221. The lowest BCUT2D eigenvalue weighted by atomic mass is 10.5. The summed E-state index contributed by atoms with van der Waals surface area (Å²) >= 11 is 7.59. The van der Waals surface area contributed by atoms with Crippen molar-refractivity contribution < 1.29 is 4.42 Å². The van der Waals surface area contributed by atoms with Crippen LogP contribution in [0, 0.1) is 3.57 Å². The highest BCUT2D eigenvalue weighted by molar-refractivity contribution is 14.1. The zero-order valence-electron chi connectivity index (χ0n) is 8.85. The highest BCUT2D eigenvalue weighted by Gasteiger charge is 2.10. The fourth-order valence-electron chi connectivity index (χ4n) is 1.20. The van der Waals surface area contributed by atoms with Crippen LogP contribution in [0.15, 0.2) is 15.5 Å². The molecule has 6 nitrogen and oxygen atoms in total. The SMILES string of the molecule is CCc1nnc(Cn2cnc(Cl)c(I)c2=O)o1. The number of rotatable bonds is 3. The maximum Gasteiger partial charge on any atom is 0.268 e. The average Bonchev–Trinajstić information content (AvgIpc) is 2.78. The molecule has 0 aliphatic rings. The minimum Gasteiger partial charge on any atom is -0.423 e. The predicted molar refractivity (Wildman–Crippen MR) is 69.0 cm³/mol. The first-order valence-electron chi connectivity index (χ1n) is 4.83. The van der Waals surface area contributed by atoms with Crippen LogP contribution in [0.3, 0.4) is 0 Å². The lowest BCUT2D eigenvalue weighted by Crippen LogP contribution is -2.23. The molecule has 0 aliphatic heterocycles. The van der Waals surface area contributed by atoms with E-state index >= 15 is 0 Å². The molecule has 0 aliphatic carbocycles. The Balaban J connectivity index is 2.30. The molecule has 0 spiro atoms. The molecule has 0 atom stereocenters. The van der Waals surface area contributed by atoms with Gasteiger partial charge >= 0.3 is 0 Å². The van der Waals surface area contributed by atoms with Crippen LogP contribution < -0.4 is 5.56 Å². The second kappa shape index (κ2) is 5.13. The largest absolute Gasteiger partial charge is 0.423 e. The van der Waals surface area contributed by atoms with Crippen LogP contribution in [0.1, 0.15) is 18.7 Å². The molecule has 8 heteroatoms. The van der Waals surface area contributed by atoms with Gasteiger partial charge in [-0.15, -0.1) is 10.2 Å². The molecule has 0 unspecified atom stereocenters. The molecule has 2 rings (SSSR count). The van der Waals surface area contributed by atoms with Crippen molar-refractivity contribution in [2.75, 3.05) is 0 Å². The van der Waals surface area contributed by atoms with Crippen LogP contribution in [0.2, 0.25) is 5.15 Å². The fourth-order valence-corrected chi connectivity index (χ4v) is 1.77. The molecule has 90 valence electrons. The third-order valence-corrected chi connectivity index (χ3v) is 3.63. The first-order valence-corrected chi connectivity index (χ1v) is 6.29. The van der Waals surface area contributed by atoms with E-state index in [2.05, 4.69) is 15.2 Å². The fraction of sp³-hybridized carbons (Fsp3) is 0.333. The Morgan fingerprint density at radius 3 is 2.82 bits per heavy atom. The molecule has 2 aromatic rings. The standard InChI is InChI=1S/C9H8ClIN4O2/c1-2-5-13-14-6(17-5)3-15-4-12-8(10)7(11)9(15)16/h4H,2-3H2,1H3. The molecule has 0 amide bonds. The molecule has 0 fully saturated rings. The van der Waals surface area contributed by atoms with Gasteiger partial charge in [-0.2, -0.15) is 0 Å². The van der Waals surface area contributed by atoms with E-state index in [1.54, 1.807) is 0 Å². The Kier molecular flexibility index (Phi) is 3.77. The Morgan fingerprint density at radius 1 is 1.47 bits per heavy atom. The third-order valence-electron chi connectivity index (χ3n) is 2.06. The second-order valence-electron chi connectivity index (χ2n) is 3.23. The van der Waals surface area contributed by atoms with Gasteiger partial charge in [0.05, 0.1) is 6.33 Å². The Bertz CT molecular complexity index is 595. The summed E-state index contributed by atoms with van der Waals surface area (Å²) in [5.74, 6) is 0.925. The van der Waals surface area contributed by atoms with E-state index in [1.165, 1.54) is 10.9 Å². The van der Waals surface area contributed by atoms with Gasteiger partial charge in [0.15, 0.2) is 0 Å². The molecule has 17 heavy (non-hydrogen) atoms. The van der Waals surface area contributed by atoms with Gasteiger partial charge in [0, 0.05) is 6.42 Å². The van der Waals surface area contributed by atoms with E-state index in [1.807, 2.05) is 29.5 Å². The molecular formula is C9H8ClIN4O2. The minimum atomic E-state index is -0.221. The van der Waals surface area contributed by atoms with Gasteiger partial charge in [0.1, 0.15) is 15.3 Å². The van der Waals surface area contributed by atoms with Crippen molar-refractivity contribution in [2.24, 2.45) is 0 Å². The van der Waals surface area contributed by atoms with Crippen molar-refractivity contribution in [1.29, 1.82) is 0 Å². The summed E-state index contributed by atoms with van der Waals surface area (Å²) in [6.45, 7) is 2.11. The van der Waals surface area contributed by atoms with Crippen molar-refractivity contribution in [1.82, 2.24) is 19.7 Å². The summed E-state index contributed by atoms with van der Waals surface area (Å²) in [7, 11) is 0. The summed E-state index contributed by atoms with van der Waals surface area (Å²) in [5, 5.41) is 7.86. The Hall–Kier alpha value is -0.960. The van der Waals surface area contributed by atoms with Gasteiger partial charge in [0.2, 0.25) is 11.8 Å². The maximum atomic E-state index is 11.8.